The Hall–Kier alpha value is 0.150. The number of aromatic hydroxyl groups is 1. The number of ketones is 1. The summed E-state index contributed by atoms with van der Waals surface area (Å²) >= 11 is 4.03. The number of halogens is 2. The van der Waals surface area contributed by atoms with Crippen molar-refractivity contribution in [3.63, 3.8) is 0 Å². The molecule has 64 valence electrons. The quantitative estimate of drug-likeness (QED) is 0.481. The molecule has 0 saturated carbocycles. The fraction of sp³-hybridized carbons (Fsp3) is 0.125. The number of rotatable bonds is 2. The zero-order valence-electron chi connectivity index (χ0n) is 6.00. The molecule has 2 nitrogen and oxygen atoms in total. The molecule has 1 aromatic rings. The van der Waals surface area contributed by atoms with Gasteiger partial charge in [0.25, 0.3) is 0 Å². The van der Waals surface area contributed by atoms with Crippen LogP contribution in [0, 0.1) is 0 Å². The largest absolute Gasteiger partial charge is 0.507 e. The molecule has 0 aliphatic carbocycles. The zero-order valence-corrected chi connectivity index (χ0v) is 10.3. The Morgan fingerprint density at radius 2 is 1.92 bits per heavy atom. The van der Waals surface area contributed by atoms with E-state index in [-0.39, 0.29) is 13.5 Å². The van der Waals surface area contributed by atoms with Crippen LogP contribution in [0.2, 0.25) is 0 Å². The fourth-order valence-corrected chi connectivity index (χ4v) is 1.47. The Labute approximate surface area is 97.6 Å². The number of phenolic OH excluding ortho intramolecular Hbond substituents is 1. The lowest BCUT2D eigenvalue weighted by Gasteiger charge is -2.02. The van der Waals surface area contributed by atoms with Crippen LogP contribution in [0.4, 0.5) is 0 Å². The summed E-state index contributed by atoms with van der Waals surface area (Å²) in [6.07, 6.45) is 0. The summed E-state index contributed by atoms with van der Waals surface area (Å²) in [5.41, 5.74) is 0.395. The number of Topliss-reactive ketones (excluding diaryl/α,β-unsaturated/α-hetero) is 1. The Balaban J connectivity index is 3.03. The second-order valence-corrected chi connectivity index (χ2v) is 7.06. The van der Waals surface area contributed by atoms with Gasteiger partial charge >= 0.3 is 0 Å². The van der Waals surface area contributed by atoms with Crippen molar-refractivity contribution in [2.45, 2.75) is 1.93 Å². The van der Waals surface area contributed by atoms with Crippen LogP contribution < -0.4 is 0 Å². The van der Waals surface area contributed by atoms with Gasteiger partial charge in [-0.05, 0) is 12.1 Å². The highest BCUT2D eigenvalue weighted by molar-refractivity contribution is 14.2. The van der Waals surface area contributed by atoms with Crippen LogP contribution in [0.1, 0.15) is 10.4 Å². The summed E-state index contributed by atoms with van der Waals surface area (Å²) < 4.78 is -0.131. The lowest BCUT2D eigenvalue weighted by Crippen LogP contribution is -2.06. The number of hydrogen-bond donors (Lipinski definition) is 1. The standard InChI is InChI=1S/C8H6I2O2/c9-8(10)7(12)5-3-1-2-4-6(5)11/h1-4,8,11H. The summed E-state index contributed by atoms with van der Waals surface area (Å²) in [6, 6.07) is 6.58. The van der Waals surface area contributed by atoms with Crippen LogP contribution in [-0.4, -0.2) is 12.8 Å². The maximum atomic E-state index is 11.4. The van der Waals surface area contributed by atoms with Crippen molar-refractivity contribution in [2.24, 2.45) is 0 Å². The third-order valence-corrected chi connectivity index (χ3v) is 2.50. The first-order valence-electron chi connectivity index (χ1n) is 3.23. The Morgan fingerprint density at radius 1 is 1.33 bits per heavy atom. The van der Waals surface area contributed by atoms with Crippen LogP contribution in [0.5, 0.6) is 5.75 Å². The molecule has 0 heterocycles. The average molecular weight is 388 g/mol. The number of alkyl halides is 2. The molecule has 0 atom stereocenters. The number of phenols is 1. The molecule has 0 amide bonds. The predicted molar refractivity (Wildman–Crippen MR) is 64.3 cm³/mol. The highest BCUT2D eigenvalue weighted by Crippen LogP contribution is 2.23. The smallest absolute Gasteiger partial charge is 0.189 e. The lowest BCUT2D eigenvalue weighted by atomic mass is 10.1. The van der Waals surface area contributed by atoms with Gasteiger partial charge in [0.1, 0.15) is 7.68 Å². The van der Waals surface area contributed by atoms with Gasteiger partial charge in [-0.15, -0.1) is 0 Å². The van der Waals surface area contributed by atoms with E-state index in [0.717, 1.165) is 0 Å². The minimum Gasteiger partial charge on any atom is -0.507 e. The minimum absolute atomic E-state index is 0.0469. The van der Waals surface area contributed by atoms with E-state index >= 15 is 0 Å². The molecule has 0 fully saturated rings. The van der Waals surface area contributed by atoms with Gasteiger partial charge in [0, 0.05) is 0 Å². The maximum Gasteiger partial charge on any atom is 0.189 e. The highest BCUT2D eigenvalue weighted by Gasteiger charge is 2.15. The third-order valence-electron chi connectivity index (χ3n) is 1.37. The third kappa shape index (κ3) is 2.32. The van der Waals surface area contributed by atoms with E-state index in [1.807, 2.05) is 45.2 Å². The second kappa shape index (κ2) is 4.40. The van der Waals surface area contributed by atoms with Crippen LogP contribution in [0.15, 0.2) is 24.3 Å². The highest BCUT2D eigenvalue weighted by atomic mass is 127. The van der Waals surface area contributed by atoms with Crippen molar-refractivity contribution in [3.05, 3.63) is 29.8 Å². The molecule has 1 N–H and O–H groups in total. The van der Waals surface area contributed by atoms with Gasteiger partial charge in [0.15, 0.2) is 5.78 Å². The molecule has 1 rings (SSSR count). The molecule has 0 unspecified atom stereocenters. The first kappa shape index (κ1) is 10.2. The molecule has 12 heavy (non-hydrogen) atoms. The van der Waals surface area contributed by atoms with Crippen molar-refractivity contribution in [3.8, 4) is 5.75 Å². The topological polar surface area (TPSA) is 37.3 Å². The maximum absolute atomic E-state index is 11.4. The minimum atomic E-state index is -0.131. The first-order valence-corrected chi connectivity index (χ1v) is 5.72. The van der Waals surface area contributed by atoms with Gasteiger partial charge in [0.05, 0.1) is 5.56 Å². The Morgan fingerprint density at radius 3 is 2.42 bits per heavy atom. The average Bonchev–Trinajstić information content (AvgIpc) is 2.04. The van der Waals surface area contributed by atoms with Crippen LogP contribution in [0.3, 0.4) is 0 Å². The van der Waals surface area contributed by atoms with Crippen LogP contribution in [0.25, 0.3) is 0 Å². The van der Waals surface area contributed by atoms with E-state index in [2.05, 4.69) is 0 Å². The molecule has 0 spiro atoms. The molecule has 0 aromatic heterocycles. The molecule has 0 aliphatic rings. The van der Waals surface area contributed by atoms with Crippen molar-refractivity contribution >= 4 is 51.0 Å². The summed E-state index contributed by atoms with van der Waals surface area (Å²) in [6.45, 7) is 0. The number of carbonyl (C=O) groups is 1. The van der Waals surface area contributed by atoms with E-state index in [1.165, 1.54) is 6.07 Å². The summed E-state index contributed by atoms with van der Waals surface area (Å²) in [4.78, 5) is 11.4. The summed E-state index contributed by atoms with van der Waals surface area (Å²) in [5, 5.41) is 9.30. The number of hydrogen-bond acceptors (Lipinski definition) is 2. The van der Waals surface area contributed by atoms with E-state index in [4.69, 9.17) is 0 Å². The molecule has 1 aromatic carbocycles. The van der Waals surface area contributed by atoms with Crippen LogP contribution >= 0.6 is 45.2 Å². The molecular weight excluding hydrogens is 382 g/mol. The van der Waals surface area contributed by atoms with E-state index < -0.39 is 0 Å². The lowest BCUT2D eigenvalue weighted by molar-refractivity contribution is 0.101. The Kier molecular flexibility index (Phi) is 3.76. The second-order valence-electron chi connectivity index (χ2n) is 2.18. The SMILES string of the molecule is O=C(c1ccccc1O)C(I)I. The molecule has 0 aliphatic heterocycles. The molecule has 4 heteroatoms. The van der Waals surface area contributed by atoms with Gasteiger partial charge in [-0.2, -0.15) is 0 Å². The van der Waals surface area contributed by atoms with Crippen LogP contribution in [-0.2, 0) is 0 Å². The van der Waals surface area contributed by atoms with Crippen molar-refractivity contribution in [2.75, 3.05) is 0 Å². The Bertz CT molecular complexity index is 297. The molecule has 0 saturated heterocycles. The molecule has 0 bridgehead atoms. The summed E-state index contributed by atoms with van der Waals surface area (Å²) in [7, 11) is 0. The monoisotopic (exact) mass is 388 g/mol. The van der Waals surface area contributed by atoms with Gasteiger partial charge in [-0.1, -0.05) is 57.3 Å². The molecule has 0 radical (unpaired) electrons. The normalized spacial score (nSPS) is 10.2. The predicted octanol–water partition coefficient (Wildman–Crippen LogP) is 2.77. The number of para-hydroxylation sites is 1. The first-order chi connectivity index (χ1) is 5.63. The fourth-order valence-electron chi connectivity index (χ4n) is 0.800. The van der Waals surface area contributed by atoms with Gasteiger partial charge in [0.2, 0.25) is 0 Å². The van der Waals surface area contributed by atoms with Crippen molar-refractivity contribution < 1.29 is 9.90 Å². The van der Waals surface area contributed by atoms with Gasteiger partial charge < -0.3 is 5.11 Å². The molecular formula is C8H6I2O2. The van der Waals surface area contributed by atoms with E-state index in [0.29, 0.717) is 5.56 Å². The number of benzene rings is 1. The summed E-state index contributed by atoms with van der Waals surface area (Å²) in [5.74, 6) is 0.00938. The van der Waals surface area contributed by atoms with Gasteiger partial charge in [-0.3, -0.25) is 4.79 Å². The number of carbonyl (C=O) groups excluding carboxylic acids is 1. The van der Waals surface area contributed by atoms with E-state index in [1.54, 1.807) is 18.2 Å². The zero-order chi connectivity index (χ0) is 9.14. The van der Waals surface area contributed by atoms with E-state index in [9.17, 15) is 9.90 Å². The van der Waals surface area contributed by atoms with Crippen molar-refractivity contribution in [1.82, 2.24) is 0 Å². The van der Waals surface area contributed by atoms with Gasteiger partial charge in [-0.25, -0.2) is 0 Å². The van der Waals surface area contributed by atoms with Crippen molar-refractivity contribution in [1.29, 1.82) is 0 Å².